The second kappa shape index (κ2) is 11.2. The summed E-state index contributed by atoms with van der Waals surface area (Å²) in [6, 6.07) is 0. The van der Waals surface area contributed by atoms with Gasteiger partial charge in [0.2, 0.25) is 5.91 Å². The van der Waals surface area contributed by atoms with Crippen LogP contribution in [0.15, 0.2) is 23.8 Å². The maximum absolute atomic E-state index is 12.2. The number of likely N-dealkylation sites (tertiary alicyclic amines) is 1. The summed E-state index contributed by atoms with van der Waals surface area (Å²) in [5, 5.41) is 20.9. The second-order valence-corrected chi connectivity index (χ2v) is 9.54. The van der Waals surface area contributed by atoms with Crippen molar-refractivity contribution in [2.45, 2.75) is 83.8 Å². The van der Waals surface area contributed by atoms with Gasteiger partial charge in [-0.1, -0.05) is 30.7 Å². The number of nitrogens with zero attached hydrogens (tertiary/aromatic N) is 1. The van der Waals surface area contributed by atoms with E-state index in [1.807, 2.05) is 24.8 Å². The molecule has 166 valence electrons. The van der Waals surface area contributed by atoms with Gasteiger partial charge in [-0.3, -0.25) is 4.79 Å². The second-order valence-electron chi connectivity index (χ2n) is 9.54. The molecule has 0 unspecified atom stereocenters. The van der Waals surface area contributed by atoms with E-state index in [-0.39, 0.29) is 17.9 Å². The van der Waals surface area contributed by atoms with E-state index in [0.29, 0.717) is 30.6 Å². The normalized spacial score (nSPS) is 31.7. The van der Waals surface area contributed by atoms with Crippen molar-refractivity contribution < 1.29 is 15.0 Å². The van der Waals surface area contributed by atoms with Crippen molar-refractivity contribution in [1.29, 1.82) is 0 Å². The zero-order chi connectivity index (χ0) is 21.5. The maximum Gasteiger partial charge on any atom is 0.222 e. The van der Waals surface area contributed by atoms with Gasteiger partial charge in [-0.25, -0.2) is 0 Å². The van der Waals surface area contributed by atoms with Crippen molar-refractivity contribution in [1.82, 2.24) is 4.90 Å². The van der Waals surface area contributed by atoms with E-state index in [9.17, 15) is 15.0 Å². The van der Waals surface area contributed by atoms with Gasteiger partial charge in [0, 0.05) is 31.8 Å². The molecule has 3 fully saturated rings. The zero-order valence-electron chi connectivity index (χ0n) is 18.7. The molecule has 2 N–H and O–H groups in total. The molecule has 2 aliphatic carbocycles. The summed E-state index contributed by atoms with van der Waals surface area (Å²) < 4.78 is 0. The Labute approximate surface area is 182 Å². The van der Waals surface area contributed by atoms with Crippen molar-refractivity contribution in [2.24, 2.45) is 23.7 Å². The van der Waals surface area contributed by atoms with Crippen LogP contribution in [-0.4, -0.2) is 46.3 Å². The predicted molar refractivity (Wildman–Crippen MR) is 120 cm³/mol. The number of fused-ring (bicyclic) bond motifs is 1. The van der Waals surface area contributed by atoms with Crippen molar-refractivity contribution >= 4 is 5.91 Å². The first-order valence-corrected chi connectivity index (χ1v) is 11.9. The number of carbonyl (C=O) groups is 1. The molecular weight excluding hydrogens is 374 g/mol. The summed E-state index contributed by atoms with van der Waals surface area (Å²) in [6.07, 6.45) is 14.0. The number of amides is 1. The Bertz CT molecular complexity index is 695. The van der Waals surface area contributed by atoms with Crippen LogP contribution in [0.1, 0.15) is 71.6 Å². The SMILES string of the molecule is CC#CC[C@@H](C)[C@H](O)/C=C/[C@@H]1[C@H]2C/C(=C/CCCC(=O)N3CCCC3)C[C@H]2C[C@H]1O. The number of aliphatic hydroxyl groups excluding tert-OH is 2. The minimum absolute atomic E-state index is 0.102. The molecule has 4 nitrogen and oxygen atoms in total. The molecular formula is C26H39NO3. The lowest BCUT2D eigenvalue weighted by Crippen LogP contribution is -2.27. The Balaban J connectivity index is 1.46. The van der Waals surface area contributed by atoms with Gasteiger partial charge in [0.05, 0.1) is 12.2 Å². The van der Waals surface area contributed by atoms with E-state index >= 15 is 0 Å². The topological polar surface area (TPSA) is 60.8 Å². The Morgan fingerprint density at radius 2 is 2.07 bits per heavy atom. The first-order chi connectivity index (χ1) is 14.5. The van der Waals surface area contributed by atoms with Crippen LogP contribution in [0.25, 0.3) is 0 Å². The van der Waals surface area contributed by atoms with Gasteiger partial charge in [-0.15, -0.1) is 11.8 Å². The Hall–Kier alpha value is -1.57. The number of allylic oxidation sites excluding steroid dienone is 2. The molecule has 4 heteroatoms. The summed E-state index contributed by atoms with van der Waals surface area (Å²) in [6.45, 7) is 5.72. The quantitative estimate of drug-likeness (QED) is 0.358. The van der Waals surface area contributed by atoms with E-state index in [4.69, 9.17) is 0 Å². The van der Waals surface area contributed by atoms with Crippen LogP contribution in [-0.2, 0) is 4.79 Å². The van der Waals surface area contributed by atoms with Crippen LogP contribution in [0.4, 0.5) is 0 Å². The minimum Gasteiger partial charge on any atom is -0.392 e. The Kier molecular flexibility index (Phi) is 8.60. The van der Waals surface area contributed by atoms with Gasteiger partial charge in [-0.05, 0) is 69.6 Å². The number of carbonyl (C=O) groups excluding carboxylic acids is 1. The summed E-state index contributed by atoms with van der Waals surface area (Å²) in [4.78, 5) is 14.2. The molecule has 0 aromatic carbocycles. The Morgan fingerprint density at radius 3 is 2.80 bits per heavy atom. The third kappa shape index (κ3) is 5.99. The lowest BCUT2D eigenvalue weighted by Gasteiger charge is -2.19. The average Bonchev–Trinajstić information content (AvgIpc) is 3.44. The monoisotopic (exact) mass is 413 g/mol. The van der Waals surface area contributed by atoms with Crippen LogP contribution in [0, 0.1) is 35.5 Å². The molecule has 0 bridgehead atoms. The van der Waals surface area contributed by atoms with E-state index in [1.54, 1.807) is 0 Å². The molecule has 1 heterocycles. The van der Waals surface area contributed by atoms with Crippen molar-refractivity contribution in [3.63, 3.8) is 0 Å². The predicted octanol–water partition coefficient (Wildman–Crippen LogP) is 4.08. The molecule has 2 saturated carbocycles. The Morgan fingerprint density at radius 1 is 1.30 bits per heavy atom. The van der Waals surface area contributed by atoms with Crippen LogP contribution in [0.5, 0.6) is 0 Å². The highest BCUT2D eigenvalue weighted by molar-refractivity contribution is 5.76. The molecule has 1 saturated heterocycles. The highest BCUT2D eigenvalue weighted by Crippen LogP contribution is 2.50. The molecule has 1 aliphatic heterocycles. The van der Waals surface area contributed by atoms with Gasteiger partial charge < -0.3 is 15.1 Å². The van der Waals surface area contributed by atoms with E-state index < -0.39 is 6.10 Å². The van der Waals surface area contributed by atoms with E-state index in [2.05, 4.69) is 24.0 Å². The van der Waals surface area contributed by atoms with Gasteiger partial charge >= 0.3 is 0 Å². The fourth-order valence-electron chi connectivity index (χ4n) is 5.44. The standard InChI is InChI=1S/C26H39NO3/c1-3-4-9-19(2)24(28)13-12-22-23-17-20(16-21(23)18-25(22)29)10-5-6-11-26(30)27-14-7-8-15-27/h10,12-13,19,21-25,28-29H,5-9,11,14-18H2,1-2H3/b13-12+,20-10+/t19-,21+,22-,23+,24-,25-/m1/s1. The minimum atomic E-state index is -0.512. The van der Waals surface area contributed by atoms with Crippen LogP contribution < -0.4 is 0 Å². The van der Waals surface area contributed by atoms with E-state index in [1.165, 1.54) is 5.57 Å². The third-order valence-electron chi connectivity index (χ3n) is 7.31. The fourth-order valence-corrected chi connectivity index (χ4v) is 5.44. The molecule has 0 spiro atoms. The molecule has 6 atom stereocenters. The molecule has 0 aromatic rings. The van der Waals surface area contributed by atoms with Crippen LogP contribution in [0.2, 0.25) is 0 Å². The smallest absolute Gasteiger partial charge is 0.222 e. The van der Waals surface area contributed by atoms with Gasteiger partial charge in [-0.2, -0.15) is 0 Å². The first kappa shape index (κ1) is 23.1. The van der Waals surface area contributed by atoms with Gasteiger partial charge in [0.25, 0.3) is 0 Å². The summed E-state index contributed by atoms with van der Waals surface area (Å²) in [5.41, 5.74) is 1.50. The van der Waals surface area contributed by atoms with Crippen molar-refractivity contribution in [3.05, 3.63) is 23.8 Å². The summed E-state index contributed by atoms with van der Waals surface area (Å²) in [5.74, 6) is 7.50. The highest BCUT2D eigenvalue weighted by atomic mass is 16.3. The molecule has 3 aliphatic rings. The molecule has 3 rings (SSSR count). The number of rotatable bonds is 8. The van der Waals surface area contributed by atoms with Gasteiger partial charge in [0.15, 0.2) is 0 Å². The molecule has 0 radical (unpaired) electrons. The average molecular weight is 414 g/mol. The third-order valence-corrected chi connectivity index (χ3v) is 7.31. The molecule has 1 amide bonds. The molecule has 30 heavy (non-hydrogen) atoms. The fraction of sp³-hybridized carbons (Fsp3) is 0.731. The zero-order valence-corrected chi connectivity index (χ0v) is 18.7. The van der Waals surface area contributed by atoms with Crippen molar-refractivity contribution in [3.8, 4) is 11.8 Å². The summed E-state index contributed by atoms with van der Waals surface area (Å²) in [7, 11) is 0. The largest absolute Gasteiger partial charge is 0.392 e. The van der Waals surface area contributed by atoms with Crippen molar-refractivity contribution in [2.75, 3.05) is 13.1 Å². The molecule has 0 aromatic heterocycles. The number of aliphatic hydroxyl groups is 2. The van der Waals surface area contributed by atoms with Gasteiger partial charge in [0.1, 0.15) is 0 Å². The summed E-state index contributed by atoms with van der Waals surface area (Å²) >= 11 is 0. The van der Waals surface area contributed by atoms with Crippen LogP contribution >= 0.6 is 0 Å². The lowest BCUT2D eigenvalue weighted by molar-refractivity contribution is -0.130. The van der Waals surface area contributed by atoms with E-state index in [0.717, 1.165) is 58.0 Å². The number of hydrogen-bond donors (Lipinski definition) is 2. The number of hydrogen-bond acceptors (Lipinski definition) is 3. The maximum atomic E-state index is 12.2. The lowest BCUT2D eigenvalue weighted by atomic mass is 9.89. The first-order valence-electron chi connectivity index (χ1n) is 11.9. The highest BCUT2D eigenvalue weighted by Gasteiger charge is 2.45. The number of unbranched alkanes of at least 4 members (excludes halogenated alkanes) is 1. The van der Waals surface area contributed by atoms with Crippen LogP contribution in [0.3, 0.4) is 0 Å².